The molecule has 0 fully saturated rings. The average Bonchev–Trinajstić information content (AvgIpc) is 3.41. The van der Waals surface area contributed by atoms with Crippen LogP contribution in [0.2, 0.25) is 0 Å². The Morgan fingerprint density at radius 3 is 2.50 bits per heavy atom. The smallest absolute Gasteiger partial charge is 0.196 e. The van der Waals surface area contributed by atoms with Crippen LogP contribution in [0.15, 0.2) is 72.0 Å². The summed E-state index contributed by atoms with van der Waals surface area (Å²) in [6.45, 7) is 3.99. The molecule has 5 rings (SSSR count). The molecule has 0 bridgehead atoms. The molecule has 0 unspecified atom stereocenters. The molecule has 0 atom stereocenters. The van der Waals surface area contributed by atoms with Crippen LogP contribution in [-0.2, 0) is 12.8 Å². The maximum atomic E-state index is 10.8. The zero-order chi connectivity index (χ0) is 24.7. The van der Waals surface area contributed by atoms with Gasteiger partial charge in [-0.05, 0) is 53.4 Å². The van der Waals surface area contributed by atoms with E-state index in [0.29, 0.717) is 22.3 Å². The SMILES string of the molecule is CC(C)c1cc(-c2nnc(SCc3ccccc3N)n2-c2ccc3c(ccn3C)c2)c(O)cc1O.Cl. The highest BCUT2D eigenvalue weighted by Gasteiger charge is 2.22. The summed E-state index contributed by atoms with van der Waals surface area (Å²) in [5.41, 5.74) is 11.1. The highest BCUT2D eigenvalue weighted by atomic mass is 35.5. The zero-order valence-corrected chi connectivity index (χ0v) is 21.8. The number of aryl methyl sites for hydroxylation is 1. The Bertz CT molecular complexity index is 1540. The minimum atomic E-state index is -0.0507. The third-order valence-corrected chi connectivity index (χ3v) is 7.16. The molecule has 0 aliphatic carbocycles. The summed E-state index contributed by atoms with van der Waals surface area (Å²) in [6, 6.07) is 19.2. The van der Waals surface area contributed by atoms with E-state index < -0.39 is 0 Å². The summed E-state index contributed by atoms with van der Waals surface area (Å²) < 4.78 is 4.02. The van der Waals surface area contributed by atoms with Crippen LogP contribution in [-0.4, -0.2) is 29.5 Å². The van der Waals surface area contributed by atoms with Crippen molar-refractivity contribution in [3.63, 3.8) is 0 Å². The predicted octanol–water partition coefficient (Wildman–Crippen LogP) is 6.26. The normalized spacial score (nSPS) is 11.2. The van der Waals surface area contributed by atoms with Crippen LogP contribution >= 0.6 is 24.2 Å². The van der Waals surface area contributed by atoms with Crippen molar-refractivity contribution in [2.45, 2.75) is 30.7 Å². The minimum absolute atomic E-state index is 0. The second-order valence-electron chi connectivity index (χ2n) is 8.88. The van der Waals surface area contributed by atoms with Gasteiger partial charge in [-0.1, -0.05) is 43.8 Å². The van der Waals surface area contributed by atoms with E-state index in [-0.39, 0.29) is 29.8 Å². The Balaban J connectivity index is 0.00000304. The molecule has 0 spiro atoms. The van der Waals surface area contributed by atoms with Gasteiger partial charge in [0, 0.05) is 41.7 Å². The molecule has 0 aliphatic heterocycles. The Morgan fingerprint density at radius 1 is 0.972 bits per heavy atom. The summed E-state index contributed by atoms with van der Waals surface area (Å²) in [5, 5.41) is 31.9. The van der Waals surface area contributed by atoms with Crippen LogP contribution in [0.1, 0.15) is 30.9 Å². The van der Waals surface area contributed by atoms with Crippen LogP contribution in [0.3, 0.4) is 0 Å². The quantitative estimate of drug-likeness (QED) is 0.180. The summed E-state index contributed by atoms with van der Waals surface area (Å²) in [5.74, 6) is 1.21. The molecule has 0 saturated heterocycles. The van der Waals surface area contributed by atoms with Crippen molar-refractivity contribution < 1.29 is 10.2 Å². The van der Waals surface area contributed by atoms with Crippen LogP contribution in [0.25, 0.3) is 28.0 Å². The van der Waals surface area contributed by atoms with E-state index >= 15 is 0 Å². The van der Waals surface area contributed by atoms with Crippen molar-refractivity contribution >= 4 is 40.8 Å². The number of phenols is 2. The lowest BCUT2D eigenvalue weighted by Gasteiger charge is -2.15. The highest BCUT2D eigenvalue weighted by Crippen LogP contribution is 2.39. The molecule has 3 aromatic carbocycles. The Kier molecular flexibility index (Phi) is 7.19. The minimum Gasteiger partial charge on any atom is -0.508 e. The third-order valence-electron chi connectivity index (χ3n) is 6.18. The lowest BCUT2D eigenvalue weighted by Crippen LogP contribution is -2.01. The van der Waals surface area contributed by atoms with Crippen molar-refractivity contribution in [3.05, 3.63) is 78.0 Å². The molecule has 0 amide bonds. The average molecular weight is 522 g/mol. The first-order valence-corrected chi connectivity index (χ1v) is 12.4. The van der Waals surface area contributed by atoms with Crippen LogP contribution in [0, 0.1) is 0 Å². The number of nitrogens with zero attached hydrogens (tertiary/aromatic N) is 4. The van der Waals surface area contributed by atoms with E-state index in [1.165, 1.54) is 17.8 Å². The predicted molar refractivity (Wildman–Crippen MR) is 148 cm³/mol. The molecule has 7 nitrogen and oxygen atoms in total. The molecule has 0 aliphatic rings. The number of hydrogen-bond donors (Lipinski definition) is 3. The number of benzene rings is 3. The molecular weight excluding hydrogens is 494 g/mol. The van der Waals surface area contributed by atoms with E-state index in [9.17, 15) is 10.2 Å². The van der Waals surface area contributed by atoms with Gasteiger partial charge in [-0.3, -0.25) is 4.57 Å². The van der Waals surface area contributed by atoms with Crippen molar-refractivity contribution in [1.29, 1.82) is 0 Å². The van der Waals surface area contributed by atoms with Crippen molar-refractivity contribution in [2.24, 2.45) is 7.05 Å². The highest BCUT2D eigenvalue weighted by molar-refractivity contribution is 7.98. The van der Waals surface area contributed by atoms with E-state index in [4.69, 9.17) is 5.73 Å². The summed E-state index contributed by atoms with van der Waals surface area (Å²) in [4.78, 5) is 0. The number of hydrogen-bond acceptors (Lipinski definition) is 6. The Hall–Kier alpha value is -3.62. The first-order chi connectivity index (χ1) is 16.8. The fraction of sp³-hybridized carbons (Fsp3) is 0.185. The summed E-state index contributed by atoms with van der Waals surface area (Å²) >= 11 is 1.53. The number of fused-ring (bicyclic) bond motifs is 1. The third kappa shape index (κ3) is 4.62. The summed E-state index contributed by atoms with van der Waals surface area (Å²) in [7, 11) is 2.01. The molecule has 2 aromatic heterocycles. The lowest BCUT2D eigenvalue weighted by molar-refractivity contribution is 0.444. The standard InChI is InChI=1S/C27H27N5O2S.ClH/c1-16(2)20-13-21(25(34)14-24(20)33)26-29-30-27(35-15-18-6-4-5-7-22(18)28)32(26)19-8-9-23-17(12-19)10-11-31(23)3;/h4-14,16,33-34H,15,28H2,1-3H3;1H. The number of phenolic OH excluding ortho intramolecular Hbond substituents is 2. The van der Waals surface area contributed by atoms with Gasteiger partial charge in [0.15, 0.2) is 11.0 Å². The first-order valence-electron chi connectivity index (χ1n) is 11.4. The second kappa shape index (κ2) is 10.2. The molecular formula is C27H28ClN5O2S. The number of aromatic hydroxyl groups is 2. The first kappa shape index (κ1) is 25.5. The molecule has 2 heterocycles. The fourth-order valence-electron chi connectivity index (χ4n) is 4.22. The van der Waals surface area contributed by atoms with Gasteiger partial charge in [0.25, 0.3) is 0 Å². The van der Waals surface area contributed by atoms with Crippen molar-refractivity contribution in [1.82, 2.24) is 19.3 Å². The van der Waals surface area contributed by atoms with Crippen molar-refractivity contribution in [3.8, 4) is 28.6 Å². The monoisotopic (exact) mass is 521 g/mol. The van der Waals surface area contributed by atoms with Gasteiger partial charge in [0.2, 0.25) is 0 Å². The molecule has 36 heavy (non-hydrogen) atoms. The summed E-state index contributed by atoms with van der Waals surface area (Å²) in [6.07, 6.45) is 2.02. The van der Waals surface area contributed by atoms with Gasteiger partial charge in [0.1, 0.15) is 11.5 Å². The maximum Gasteiger partial charge on any atom is 0.196 e. The molecule has 4 N–H and O–H groups in total. The molecule has 9 heteroatoms. The number of anilines is 1. The number of halogens is 1. The number of nitrogen functional groups attached to an aromatic ring is 1. The van der Waals surface area contributed by atoms with E-state index in [0.717, 1.165) is 33.4 Å². The number of nitrogens with two attached hydrogens (primary N) is 1. The van der Waals surface area contributed by atoms with Gasteiger partial charge in [-0.2, -0.15) is 0 Å². The van der Waals surface area contributed by atoms with E-state index in [1.54, 1.807) is 6.07 Å². The number of rotatable bonds is 6. The van der Waals surface area contributed by atoms with Crippen molar-refractivity contribution in [2.75, 3.05) is 5.73 Å². The lowest BCUT2D eigenvalue weighted by atomic mass is 9.98. The largest absolute Gasteiger partial charge is 0.508 e. The van der Waals surface area contributed by atoms with Gasteiger partial charge in [0.05, 0.1) is 11.3 Å². The van der Waals surface area contributed by atoms with E-state index in [2.05, 4.69) is 33.0 Å². The fourth-order valence-corrected chi connectivity index (χ4v) is 5.19. The van der Waals surface area contributed by atoms with Gasteiger partial charge < -0.3 is 20.5 Å². The Labute approximate surface area is 220 Å². The number of aromatic nitrogens is 4. The molecule has 186 valence electrons. The van der Waals surface area contributed by atoms with E-state index in [1.807, 2.05) is 62.0 Å². The van der Waals surface area contributed by atoms with Crippen LogP contribution in [0.5, 0.6) is 11.5 Å². The second-order valence-corrected chi connectivity index (χ2v) is 9.82. The van der Waals surface area contributed by atoms with Crippen LogP contribution in [0.4, 0.5) is 5.69 Å². The molecule has 0 saturated carbocycles. The molecule has 0 radical (unpaired) electrons. The van der Waals surface area contributed by atoms with Gasteiger partial charge in [-0.25, -0.2) is 0 Å². The number of thioether (sulfide) groups is 1. The van der Waals surface area contributed by atoms with Gasteiger partial charge in [-0.15, -0.1) is 22.6 Å². The number of para-hydroxylation sites is 1. The van der Waals surface area contributed by atoms with Crippen LogP contribution < -0.4 is 5.73 Å². The Morgan fingerprint density at radius 2 is 1.75 bits per heavy atom. The van der Waals surface area contributed by atoms with Gasteiger partial charge >= 0.3 is 0 Å². The topological polar surface area (TPSA) is 102 Å². The molecule has 5 aromatic rings. The maximum absolute atomic E-state index is 10.8. The zero-order valence-electron chi connectivity index (χ0n) is 20.2.